The van der Waals surface area contributed by atoms with Gasteiger partial charge >= 0.3 is 5.97 Å². The van der Waals surface area contributed by atoms with Gasteiger partial charge in [0.1, 0.15) is 5.69 Å². The monoisotopic (exact) mass is 335 g/mol. The zero-order valence-electron chi connectivity index (χ0n) is 11.4. The van der Waals surface area contributed by atoms with Gasteiger partial charge in [0.05, 0.1) is 5.92 Å². The number of aryl methyl sites for hydroxylation is 2. The highest BCUT2D eigenvalue weighted by Gasteiger charge is 2.21. The molecule has 0 aliphatic heterocycles. The van der Waals surface area contributed by atoms with Crippen molar-refractivity contribution < 1.29 is 9.90 Å². The Morgan fingerprint density at radius 1 is 1.30 bits per heavy atom. The average Bonchev–Trinajstić information content (AvgIpc) is 2.38. The number of pyridine rings is 1. The molecule has 2 heterocycles. The van der Waals surface area contributed by atoms with Crippen LogP contribution in [0.3, 0.4) is 0 Å². The van der Waals surface area contributed by atoms with Gasteiger partial charge in [-0.05, 0) is 48.8 Å². The second-order valence-electron chi connectivity index (χ2n) is 4.53. The summed E-state index contributed by atoms with van der Waals surface area (Å²) in [5.41, 5.74) is 2.64. The van der Waals surface area contributed by atoms with E-state index >= 15 is 0 Å². The Bertz CT molecular complexity index is 650. The first-order valence-corrected chi connectivity index (χ1v) is 6.90. The summed E-state index contributed by atoms with van der Waals surface area (Å²) in [5.74, 6) is -1.02. The Labute approximate surface area is 125 Å². The maximum atomic E-state index is 11.1. The molecule has 0 saturated carbocycles. The van der Waals surface area contributed by atoms with Gasteiger partial charge in [-0.1, -0.05) is 0 Å². The first-order valence-electron chi connectivity index (χ1n) is 6.10. The van der Waals surface area contributed by atoms with Crippen LogP contribution in [0.4, 0.5) is 0 Å². The van der Waals surface area contributed by atoms with Crippen LogP contribution in [0.1, 0.15) is 29.8 Å². The highest BCUT2D eigenvalue weighted by Crippen LogP contribution is 2.27. The zero-order valence-corrected chi connectivity index (χ0v) is 13.0. The van der Waals surface area contributed by atoms with E-state index < -0.39 is 11.9 Å². The van der Waals surface area contributed by atoms with Gasteiger partial charge in [-0.25, -0.2) is 9.97 Å². The Morgan fingerprint density at radius 3 is 2.40 bits per heavy atom. The van der Waals surface area contributed by atoms with E-state index in [-0.39, 0.29) is 0 Å². The van der Waals surface area contributed by atoms with Crippen molar-refractivity contribution in [1.29, 1.82) is 0 Å². The number of carboxylic acids is 1. The van der Waals surface area contributed by atoms with Gasteiger partial charge in [0.15, 0.2) is 5.82 Å². The second kappa shape index (κ2) is 5.66. The van der Waals surface area contributed by atoms with Crippen LogP contribution < -0.4 is 0 Å². The maximum Gasteiger partial charge on any atom is 0.310 e. The normalized spacial score (nSPS) is 12.2. The van der Waals surface area contributed by atoms with Crippen LogP contribution in [-0.4, -0.2) is 26.0 Å². The number of hydrogen-bond donors (Lipinski definition) is 1. The van der Waals surface area contributed by atoms with E-state index in [4.69, 9.17) is 5.11 Å². The van der Waals surface area contributed by atoms with Crippen molar-refractivity contribution in [2.45, 2.75) is 26.7 Å². The highest BCUT2D eigenvalue weighted by molar-refractivity contribution is 9.10. The van der Waals surface area contributed by atoms with Gasteiger partial charge in [-0.3, -0.25) is 9.78 Å². The quantitative estimate of drug-likeness (QED) is 0.932. The first-order chi connectivity index (χ1) is 9.41. The standard InChI is InChI=1S/C14H14BrN3O2/c1-7(14(19)20)11-8(2)17-13(18-9(11)3)12-10(15)5-4-6-16-12/h4-7H,1-3H3,(H,19,20). The molecule has 0 spiro atoms. The molecule has 0 amide bonds. The van der Waals surface area contributed by atoms with E-state index in [0.29, 0.717) is 28.5 Å². The molecule has 2 aromatic heterocycles. The van der Waals surface area contributed by atoms with Crippen LogP contribution in [0, 0.1) is 13.8 Å². The molecule has 0 aromatic carbocycles. The third-order valence-corrected chi connectivity index (χ3v) is 3.74. The zero-order chi connectivity index (χ0) is 14.9. The summed E-state index contributed by atoms with van der Waals surface area (Å²) >= 11 is 3.42. The highest BCUT2D eigenvalue weighted by atomic mass is 79.9. The van der Waals surface area contributed by atoms with Crippen molar-refractivity contribution >= 4 is 21.9 Å². The van der Waals surface area contributed by atoms with Crippen molar-refractivity contribution in [3.63, 3.8) is 0 Å². The van der Waals surface area contributed by atoms with E-state index in [2.05, 4.69) is 30.9 Å². The number of carbonyl (C=O) groups is 1. The molecule has 2 rings (SSSR count). The number of hydrogen-bond acceptors (Lipinski definition) is 4. The number of aliphatic carboxylic acids is 1. The Morgan fingerprint density at radius 2 is 1.90 bits per heavy atom. The summed E-state index contributed by atoms with van der Waals surface area (Å²) in [4.78, 5) is 24.2. The lowest BCUT2D eigenvalue weighted by Crippen LogP contribution is -2.13. The van der Waals surface area contributed by atoms with Crippen molar-refractivity contribution in [3.8, 4) is 11.5 Å². The SMILES string of the molecule is Cc1nc(-c2ncccc2Br)nc(C)c1C(C)C(=O)O. The molecule has 1 unspecified atom stereocenters. The van der Waals surface area contributed by atoms with Crippen LogP contribution in [-0.2, 0) is 4.79 Å². The molecule has 0 radical (unpaired) electrons. The first kappa shape index (κ1) is 14.6. The minimum Gasteiger partial charge on any atom is -0.481 e. The molecule has 0 aliphatic rings. The third kappa shape index (κ3) is 2.70. The molecule has 0 bridgehead atoms. The van der Waals surface area contributed by atoms with Gasteiger partial charge in [0.2, 0.25) is 0 Å². The summed E-state index contributed by atoms with van der Waals surface area (Å²) < 4.78 is 0.804. The fourth-order valence-electron chi connectivity index (χ4n) is 2.13. The molecule has 5 nitrogen and oxygen atoms in total. The maximum absolute atomic E-state index is 11.1. The molecule has 1 atom stereocenters. The Balaban J connectivity index is 2.56. The van der Waals surface area contributed by atoms with E-state index in [1.54, 1.807) is 27.0 Å². The smallest absolute Gasteiger partial charge is 0.310 e. The third-order valence-electron chi connectivity index (χ3n) is 3.10. The summed E-state index contributed by atoms with van der Waals surface area (Å²) in [6, 6.07) is 3.68. The van der Waals surface area contributed by atoms with Gasteiger partial charge in [0.25, 0.3) is 0 Å². The second-order valence-corrected chi connectivity index (χ2v) is 5.38. The lowest BCUT2D eigenvalue weighted by Gasteiger charge is -2.14. The van der Waals surface area contributed by atoms with Gasteiger partial charge in [0, 0.05) is 27.6 Å². The summed E-state index contributed by atoms with van der Waals surface area (Å²) in [5, 5.41) is 9.14. The average molecular weight is 336 g/mol. The number of aromatic nitrogens is 3. The summed E-state index contributed by atoms with van der Waals surface area (Å²) in [6.07, 6.45) is 1.67. The lowest BCUT2D eigenvalue weighted by atomic mass is 9.98. The Kier molecular flexibility index (Phi) is 4.13. The molecular weight excluding hydrogens is 322 g/mol. The molecule has 0 saturated heterocycles. The predicted octanol–water partition coefficient (Wildman–Crippen LogP) is 3.11. The van der Waals surface area contributed by atoms with E-state index in [1.807, 2.05) is 12.1 Å². The fourth-order valence-corrected chi connectivity index (χ4v) is 2.56. The molecule has 6 heteroatoms. The lowest BCUT2D eigenvalue weighted by molar-refractivity contribution is -0.138. The summed E-state index contributed by atoms with van der Waals surface area (Å²) in [6.45, 7) is 5.23. The van der Waals surface area contributed by atoms with E-state index in [0.717, 1.165) is 4.47 Å². The van der Waals surface area contributed by atoms with Crippen LogP contribution in [0.15, 0.2) is 22.8 Å². The molecule has 1 N–H and O–H groups in total. The van der Waals surface area contributed by atoms with Gasteiger partial charge in [-0.15, -0.1) is 0 Å². The number of rotatable bonds is 3. The Hall–Kier alpha value is -1.82. The molecule has 0 aliphatic carbocycles. The summed E-state index contributed by atoms with van der Waals surface area (Å²) in [7, 11) is 0. The molecule has 0 fully saturated rings. The van der Waals surface area contributed by atoms with Crippen LogP contribution in [0.2, 0.25) is 0 Å². The minimum absolute atomic E-state index is 0.494. The van der Waals surface area contributed by atoms with E-state index in [9.17, 15) is 4.79 Å². The van der Waals surface area contributed by atoms with Gasteiger partial charge in [-0.2, -0.15) is 0 Å². The van der Waals surface area contributed by atoms with E-state index in [1.165, 1.54) is 0 Å². The van der Waals surface area contributed by atoms with Crippen LogP contribution >= 0.6 is 15.9 Å². The predicted molar refractivity (Wildman–Crippen MR) is 78.5 cm³/mol. The van der Waals surface area contributed by atoms with Gasteiger partial charge < -0.3 is 5.11 Å². The number of carboxylic acid groups (broad SMARTS) is 1. The largest absolute Gasteiger partial charge is 0.481 e. The molecule has 104 valence electrons. The number of halogens is 1. The van der Waals surface area contributed by atoms with Crippen molar-refractivity contribution in [1.82, 2.24) is 15.0 Å². The topological polar surface area (TPSA) is 76.0 Å². The van der Waals surface area contributed by atoms with Crippen molar-refractivity contribution in [2.75, 3.05) is 0 Å². The fraction of sp³-hybridized carbons (Fsp3) is 0.286. The van der Waals surface area contributed by atoms with Crippen LogP contribution in [0.25, 0.3) is 11.5 Å². The molecule has 2 aromatic rings. The minimum atomic E-state index is -0.883. The molecule has 20 heavy (non-hydrogen) atoms. The number of nitrogens with zero attached hydrogens (tertiary/aromatic N) is 3. The van der Waals surface area contributed by atoms with Crippen LogP contribution in [0.5, 0.6) is 0 Å². The van der Waals surface area contributed by atoms with Crippen molar-refractivity contribution in [3.05, 3.63) is 39.8 Å². The molecular formula is C14H14BrN3O2. The van der Waals surface area contributed by atoms with Crippen molar-refractivity contribution in [2.24, 2.45) is 0 Å².